The summed E-state index contributed by atoms with van der Waals surface area (Å²) in [6, 6.07) is 5.91. The third-order valence-electron chi connectivity index (χ3n) is 2.40. The summed E-state index contributed by atoms with van der Waals surface area (Å²) in [6.45, 7) is -2.60. The maximum absolute atomic E-state index is 12.0. The van der Waals surface area contributed by atoms with Gasteiger partial charge in [-0.2, -0.15) is 13.5 Å². The molecule has 8 heteroatoms. The highest BCUT2D eigenvalue weighted by atomic mass is 19.3. The van der Waals surface area contributed by atoms with E-state index in [9.17, 15) is 13.6 Å². The molecule has 0 amide bonds. The van der Waals surface area contributed by atoms with E-state index in [0.29, 0.717) is 5.56 Å². The Morgan fingerprint density at radius 2 is 2.05 bits per heavy atom. The highest BCUT2D eigenvalue weighted by Crippen LogP contribution is 2.15. The van der Waals surface area contributed by atoms with Gasteiger partial charge in [0.25, 0.3) is 0 Å². The van der Waals surface area contributed by atoms with Gasteiger partial charge < -0.3 is 13.9 Å². The van der Waals surface area contributed by atoms with Crippen molar-refractivity contribution in [3.8, 4) is 5.75 Å². The summed E-state index contributed by atoms with van der Waals surface area (Å²) in [6.07, 6.45) is 0. The van der Waals surface area contributed by atoms with Gasteiger partial charge in [-0.25, -0.2) is 4.79 Å². The summed E-state index contributed by atoms with van der Waals surface area (Å²) in [7, 11) is 1.46. The molecular formula is C12H12F2N2O4. The first kappa shape index (κ1) is 14.2. The van der Waals surface area contributed by atoms with Crippen molar-refractivity contribution in [2.75, 3.05) is 7.11 Å². The van der Waals surface area contributed by atoms with Crippen molar-refractivity contribution in [3.63, 3.8) is 0 Å². The SMILES string of the molecule is COCc1nn(Cc2ccc(OC(F)F)cc2)c(=O)o1. The van der Waals surface area contributed by atoms with Crippen molar-refractivity contribution in [1.82, 2.24) is 9.78 Å². The minimum atomic E-state index is -2.87. The van der Waals surface area contributed by atoms with Gasteiger partial charge >= 0.3 is 12.4 Å². The Labute approximate surface area is 112 Å². The van der Waals surface area contributed by atoms with Crippen LogP contribution in [-0.4, -0.2) is 23.5 Å². The molecule has 0 spiro atoms. The number of alkyl halides is 2. The van der Waals surface area contributed by atoms with Crippen molar-refractivity contribution in [2.24, 2.45) is 0 Å². The molecule has 2 rings (SSSR count). The molecule has 0 unspecified atom stereocenters. The molecule has 20 heavy (non-hydrogen) atoms. The quantitative estimate of drug-likeness (QED) is 0.807. The molecule has 6 nitrogen and oxygen atoms in total. The average molecular weight is 286 g/mol. The lowest BCUT2D eigenvalue weighted by atomic mass is 10.2. The van der Waals surface area contributed by atoms with E-state index in [2.05, 4.69) is 9.84 Å². The van der Waals surface area contributed by atoms with E-state index in [0.717, 1.165) is 4.68 Å². The van der Waals surface area contributed by atoms with Crippen LogP contribution in [0.5, 0.6) is 5.75 Å². The molecule has 0 fully saturated rings. The van der Waals surface area contributed by atoms with E-state index >= 15 is 0 Å². The van der Waals surface area contributed by atoms with Gasteiger partial charge in [0.2, 0.25) is 5.89 Å². The number of hydrogen-bond donors (Lipinski definition) is 0. The third-order valence-corrected chi connectivity index (χ3v) is 2.40. The molecule has 108 valence electrons. The second-order valence-electron chi connectivity index (χ2n) is 3.87. The van der Waals surface area contributed by atoms with Crippen LogP contribution in [0, 0.1) is 0 Å². The summed E-state index contributed by atoms with van der Waals surface area (Å²) >= 11 is 0. The van der Waals surface area contributed by atoms with E-state index in [-0.39, 0.29) is 24.8 Å². The van der Waals surface area contributed by atoms with Crippen LogP contribution in [0.25, 0.3) is 0 Å². The lowest BCUT2D eigenvalue weighted by Gasteiger charge is -2.05. The van der Waals surface area contributed by atoms with E-state index in [1.54, 1.807) is 12.1 Å². The van der Waals surface area contributed by atoms with Crippen LogP contribution in [0.15, 0.2) is 33.5 Å². The summed E-state index contributed by atoms with van der Waals surface area (Å²) < 4.78 is 39.0. The van der Waals surface area contributed by atoms with Gasteiger partial charge in [0.1, 0.15) is 12.4 Å². The molecule has 1 aromatic carbocycles. The Hall–Kier alpha value is -2.22. The van der Waals surface area contributed by atoms with E-state index < -0.39 is 12.4 Å². The first-order valence-corrected chi connectivity index (χ1v) is 5.68. The Morgan fingerprint density at radius 1 is 1.35 bits per heavy atom. The molecule has 0 N–H and O–H groups in total. The van der Waals surface area contributed by atoms with Gasteiger partial charge in [0.15, 0.2) is 0 Å². The molecule has 0 aliphatic heterocycles. The van der Waals surface area contributed by atoms with Crippen LogP contribution in [-0.2, 0) is 17.9 Å². The van der Waals surface area contributed by atoms with Crippen molar-refractivity contribution >= 4 is 0 Å². The standard InChI is InChI=1S/C12H12F2N2O4/c1-18-7-10-15-16(12(17)20-10)6-8-2-4-9(5-3-8)19-11(13)14/h2-5,11H,6-7H2,1H3. The Kier molecular flexibility index (Phi) is 4.46. The average Bonchev–Trinajstić information content (AvgIpc) is 2.72. The maximum atomic E-state index is 12.0. The van der Waals surface area contributed by atoms with Crippen LogP contribution in [0.1, 0.15) is 11.5 Å². The van der Waals surface area contributed by atoms with Gasteiger partial charge in [0.05, 0.1) is 6.54 Å². The normalized spacial score (nSPS) is 11.0. The van der Waals surface area contributed by atoms with Crippen molar-refractivity contribution in [1.29, 1.82) is 0 Å². The summed E-state index contributed by atoms with van der Waals surface area (Å²) in [5, 5.41) is 3.93. The van der Waals surface area contributed by atoms with Crippen LogP contribution < -0.4 is 10.5 Å². The predicted octanol–water partition coefficient (Wildman–Crippen LogP) is 1.63. The molecule has 0 aliphatic carbocycles. The maximum Gasteiger partial charge on any atom is 0.437 e. The number of nitrogens with zero attached hydrogens (tertiary/aromatic N) is 2. The number of ether oxygens (including phenoxy) is 2. The molecule has 0 saturated carbocycles. The van der Waals surface area contributed by atoms with Gasteiger partial charge in [0, 0.05) is 7.11 Å². The largest absolute Gasteiger partial charge is 0.437 e. The Bertz CT molecular complexity index is 607. The minimum Gasteiger partial charge on any atom is -0.435 e. The number of rotatable bonds is 6. The third kappa shape index (κ3) is 3.64. The molecular weight excluding hydrogens is 274 g/mol. The number of benzene rings is 1. The van der Waals surface area contributed by atoms with Gasteiger partial charge in [-0.15, -0.1) is 5.10 Å². The predicted molar refractivity (Wildman–Crippen MR) is 63.7 cm³/mol. The van der Waals surface area contributed by atoms with Crippen molar-refractivity contribution in [3.05, 3.63) is 46.3 Å². The lowest BCUT2D eigenvalue weighted by Crippen LogP contribution is -2.16. The van der Waals surface area contributed by atoms with Crippen LogP contribution in [0.2, 0.25) is 0 Å². The second-order valence-corrected chi connectivity index (χ2v) is 3.87. The monoisotopic (exact) mass is 286 g/mol. The van der Waals surface area contributed by atoms with E-state index in [4.69, 9.17) is 9.15 Å². The van der Waals surface area contributed by atoms with Gasteiger partial charge in [-0.1, -0.05) is 12.1 Å². The number of halogens is 2. The molecule has 1 aromatic heterocycles. The van der Waals surface area contributed by atoms with Crippen molar-refractivity contribution in [2.45, 2.75) is 19.8 Å². The zero-order valence-corrected chi connectivity index (χ0v) is 10.6. The fourth-order valence-corrected chi connectivity index (χ4v) is 1.58. The van der Waals surface area contributed by atoms with E-state index in [1.807, 2.05) is 0 Å². The molecule has 0 saturated heterocycles. The summed E-state index contributed by atoms with van der Waals surface area (Å²) in [5.74, 6) is -0.378. The molecule has 0 bridgehead atoms. The highest BCUT2D eigenvalue weighted by Gasteiger charge is 2.09. The topological polar surface area (TPSA) is 66.5 Å². The molecule has 0 aliphatic rings. The Balaban J connectivity index is 2.08. The van der Waals surface area contributed by atoms with Gasteiger partial charge in [-0.3, -0.25) is 0 Å². The number of methoxy groups -OCH3 is 1. The first-order valence-electron chi connectivity index (χ1n) is 5.68. The molecule has 2 aromatic rings. The zero-order valence-electron chi connectivity index (χ0n) is 10.6. The van der Waals surface area contributed by atoms with Crippen LogP contribution in [0.4, 0.5) is 8.78 Å². The number of hydrogen-bond acceptors (Lipinski definition) is 5. The second kappa shape index (κ2) is 6.29. The van der Waals surface area contributed by atoms with E-state index in [1.165, 1.54) is 19.2 Å². The molecule has 1 heterocycles. The fraction of sp³-hybridized carbons (Fsp3) is 0.333. The zero-order chi connectivity index (χ0) is 14.5. The highest BCUT2D eigenvalue weighted by molar-refractivity contribution is 5.27. The summed E-state index contributed by atoms with van der Waals surface area (Å²) in [4.78, 5) is 11.5. The molecule has 0 radical (unpaired) electrons. The van der Waals surface area contributed by atoms with Crippen LogP contribution in [0.3, 0.4) is 0 Å². The lowest BCUT2D eigenvalue weighted by molar-refractivity contribution is -0.0498. The molecule has 0 atom stereocenters. The fourth-order valence-electron chi connectivity index (χ4n) is 1.58. The smallest absolute Gasteiger partial charge is 0.435 e. The summed E-state index contributed by atoms with van der Waals surface area (Å²) in [5.41, 5.74) is 0.700. The first-order chi connectivity index (χ1) is 9.58. The van der Waals surface area contributed by atoms with Crippen molar-refractivity contribution < 1.29 is 22.7 Å². The minimum absolute atomic E-state index is 0.0521. The Morgan fingerprint density at radius 3 is 2.65 bits per heavy atom. The number of aromatic nitrogens is 2. The van der Waals surface area contributed by atoms with Gasteiger partial charge in [-0.05, 0) is 17.7 Å². The van der Waals surface area contributed by atoms with Crippen LogP contribution >= 0.6 is 0 Å².